The summed E-state index contributed by atoms with van der Waals surface area (Å²) in [7, 11) is -2.94. The highest BCUT2D eigenvalue weighted by molar-refractivity contribution is 14.1. The highest BCUT2D eigenvalue weighted by Gasteiger charge is 2.25. The molecule has 4 aromatic rings. The molecule has 1 fully saturated rings. The number of carbonyl (C=O) groups excluding carboxylic acids is 1. The van der Waals surface area contributed by atoms with Crippen LogP contribution >= 0.6 is 38.5 Å². The van der Waals surface area contributed by atoms with Gasteiger partial charge < -0.3 is 5.32 Å². The minimum absolute atomic E-state index is 0.00792. The maximum Gasteiger partial charge on any atom is 0.446 e. The number of carbonyl (C=O) groups is 1. The minimum atomic E-state index is -2.94. The van der Waals surface area contributed by atoms with Gasteiger partial charge in [-0.15, -0.1) is 0 Å². The van der Waals surface area contributed by atoms with E-state index in [1.807, 2.05) is 18.2 Å². The van der Waals surface area contributed by atoms with Gasteiger partial charge in [-0.05, 0) is 84.7 Å². The fraction of sp³-hybridized carbons (Fsp3) is 0.227. The van der Waals surface area contributed by atoms with Gasteiger partial charge in [-0.3, -0.25) is 14.2 Å². The molecule has 2 aromatic heterocycles. The number of nitrogens with one attached hydrogen (secondary N) is 1. The number of benzene rings is 2. The predicted molar refractivity (Wildman–Crippen MR) is 144 cm³/mol. The number of amides is 1. The van der Waals surface area contributed by atoms with Crippen LogP contribution in [-0.4, -0.2) is 63.9 Å². The second kappa shape index (κ2) is 10.5. The third kappa shape index (κ3) is 5.68. The van der Waals surface area contributed by atoms with Crippen molar-refractivity contribution in [2.75, 3.05) is 29.9 Å². The first-order valence-electron chi connectivity index (χ1n) is 10.9. The molecule has 0 atom stereocenters. The summed E-state index contributed by atoms with van der Waals surface area (Å²) >= 11 is 5.58. The van der Waals surface area contributed by atoms with Gasteiger partial charge in [-0.1, -0.05) is 17.3 Å². The third-order valence-corrected chi connectivity index (χ3v) is 9.70. The maximum absolute atomic E-state index is 12.9. The SMILES string of the molecule is O=C(Nc1nonc1-c1noc(=O)n1-c1ccc(I)c(Br)c1)c1ccc(CN2CCS(=O)(=O)CC2)cc1. The molecule has 0 radical (unpaired) electrons. The molecule has 1 amide bonds. The van der Waals surface area contributed by atoms with E-state index in [-0.39, 0.29) is 28.8 Å². The molecule has 1 aliphatic heterocycles. The molecule has 0 aliphatic carbocycles. The molecule has 2 aromatic carbocycles. The Kier molecular flexibility index (Phi) is 7.28. The van der Waals surface area contributed by atoms with E-state index < -0.39 is 21.5 Å². The fourth-order valence-electron chi connectivity index (χ4n) is 3.78. The Bertz CT molecular complexity index is 1620. The minimum Gasteiger partial charge on any atom is -0.302 e. The zero-order valence-corrected chi connectivity index (χ0v) is 23.5. The molecule has 192 valence electrons. The standard InChI is InChI=1S/C22H18BrIN6O6S/c23-16-11-15(5-6-17(16)24)30-20(28-35-22(30)32)18-19(27-36-26-18)25-21(31)14-3-1-13(2-4-14)12-29-7-9-37(33,34)10-8-29/h1-6,11H,7-10,12H2,(H,25,27,31). The summed E-state index contributed by atoms with van der Waals surface area (Å²) in [5.74, 6) is -0.931. The Balaban J connectivity index is 1.32. The molecule has 1 aliphatic rings. The van der Waals surface area contributed by atoms with E-state index in [1.54, 1.807) is 24.3 Å². The largest absolute Gasteiger partial charge is 0.446 e. The molecule has 0 saturated carbocycles. The van der Waals surface area contributed by atoms with Crippen molar-refractivity contribution in [3.05, 3.63) is 72.2 Å². The first-order valence-corrected chi connectivity index (χ1v) is 14.6. The van der Waals surface area contributed by atoms with Gasteiger partial charge in [0.25, 0.3) is 5.91 Å². The number of sulfone groups is 1. The molecule has 1 saturated heterocycles. The van der Waals surface area contributed by atoms with E-state index in [0.717, 1.165) is 13.6 Å². The molecule has 3 heterocycles. The summed E-state index contributed by atoms with van der Waals surface area (Å²) in [6.45, 7) is 1.56. The van der Waals surface area contributed by atoms with Crippen LogP contribution in [0.1, 0.15) is 15.9 Å². The average molecular weight is 701 g/mol. The summed E-state index contributed by atoms with van der Waals surface area (Å²) in [5, 5.41) is 14.0. The van der Waals surface area contributed by atoms with Crippen molar-refractivity contribution in [3.8, 4) is 17.2 Å². The van der Waals surface area contributed by atoms with Gasteiger partial charge in [0.2, 0.25) is 11.6 Å². The number of nitrogens with zero attached hydrogens (tertiary/aromatic N) is 5. The van der Waals surface area contributed by atoms with Crippen molar-refractivity contribution in [1.29, 1.82) is 0 Å². The van der Waals surface area contributed by atoms with Gasteiger partial charge in [-0.25, -0.2) is 22.4 Å². The van der Waals surface area contributed by atoms with Crippen molar-refractivity contribution < 1.29 is 22.4 Å². The molecule has 1 N–H and O–H groups in total. The molecule has 5 rings (SSSR count). The summed E-state index contributed by atoms with van der Waals surface area (Å²) in [6.07, 6.45) is 0. The smallest absolute Gasteiger partial charge is 0.302 e. The molecule has 37 heavy (non-hydrogen) atoms. The van der Waals surface area contributed by atoms with Gasteiger partial charge in [-0.2, -0.15) is 0 Å². The first kappa shape index (κ1) is 25.7. The van der Waals surface area contributed by atoms with Crippen LogP contribution in [0.25, 0.3) is 17.2 Å². The second-order valence-corrected chi connectivity index (χ2v) is 12.6. The quantitative estimate of drug-likeness (QED) is 0.297. The summed E-state index contributed by atoms with van der Waals surface area (Å²) in [6, 6.07) is 12.2. The summed E-state index contributed by atoms with van der Waals surface area (Å²) in [5.41, 5.74) is 1.80. The lowest BCUT2D eigenvalue weighted by Gasteiger charge is -2.26. The number of hydrogen-bond acceptors (Lipinski definition) is 10. The van der Waals surface area contributed by atoms with Crippen LogP contribution in [0.15, 0.2) is 60.9 Å². The summed E-state index contributed by atoms with van der Waals surface area (Å²) < 4.78 is 35.8. The average Bonchev–Trinajstić information content (AvgIpc) is 3.48. The van der Waals surface area contributed by atoms with E-state index in [1.165, 1.54) is 4.57 Å². The number of anilines is 1. The highest BCUT2D eigenvalue weighted by atomic mass is 127. The van der Waals surface area contributed by atoms with E-state index in [0.29, 0.717) is 30.9 Å². The Hall–Kier alpha value is -2.89. The predicted octanol–water partition coefficient (Wildman–Crippen LogP) is 2.73. The van der Waals surface area contributed by atoms with Crippen LogP contribution in [-0.2, 0) is 16.4 Å². The van der Waals surface area contributed by atoms with E-state index in [4.69, 9.17) is 9.15 Å². The van der Waals surface area contributed by atoms with Crippen LogP contribution in [0.5, 0.6) is 0 Å². The number of halogens is 2. The number of rotatable bonds is 6. The zero-order chi connectivity index (χ0) is 26.2. The van der Waals surface area contributed by atoms with E-state index >= 15 is 0 Å². The highest BCUT2D eigenvalue weighted by Crippen LogP contribution is 2.27. The molecular formula is C22H18BrIN6O6S. The Morgan fingerprint density at radius 2 is 1.81 bits per heavy atom. The lowest BCUT2D eigenvalue weighted by Crippen LogP contribution is -2.39. The van der Waals surface area contributed by atoms with Crippen LogP contribution in [0.2, 0.25) is 0 Å². The molecule has 0 unspecified atom stereocenters. The molecule has 0 bridgehead atoms. The van der Waals surface area contributed by atoms with Crippen molar-refractivity contribution in [3.63, 3.8) is 0 Å². The van der Waals surface area contributed by atoms with Crippen molar-refractivity contribution in [2.24, 2.45) is 0 Å². The van der Waals surface area contributed by atoms with Gasteiger partial charge in [0.15, 0.2) is 15.5 Å². The first-order chi connectivity index (χ1) is 17.7. The lowest BCUT2D eigenvalue weighted by molar-refractivity contribution is 0.102. The fourth-order valence-corrected chi connectivity index (χ4v) is 5.76. The molecule has 12 nitrogen and oxygen atoms in total. The zero-order valence-electron chi connectivity index (χ0n) is 18.9. The summed E-state index contributed by atoms with van der Waals surface area (Å²) in [4.78, 5) is 27.4. The normalized spacial score (nSPS) is 15.5. The third-order valence-electron chi connectivity index (χ3n) is 5.76. The van der Waals surface area contributed by atoms with Crippen molar-refractivity contribution in [1.82, 2.24) is 24.9 Å². The van der Waals surface area contributed by atoms with Crippen LogP contribution in [0, 0.1) is 3.57 Å². The number of hydrogen-bond donors (Lipinski definition) is 1. The number of aromatic nitrogens is 4. The monoisotopic (exact) mass is 700 g/mol. The van der Waals surface area contributed by atoms with Crippen LogP contribution in [0.3, 0.4) is 0 Å². The molecule has 15 heteroatoms. The maximum atomic E-state index is 12.9. The van der Waals surface area contributed by atoms with Crippen molar-refractivity contribution >= 4 is 60.1 Å². The van der Waals surface area contributed by atoms with Crippen molar-refractivity contribution in [2.45, 2.75) is 6.54 Å². The lowest BCUT2D eigenvalue weighted by atomic mass is 10.1. The van der Waals surface area contributed by atoms with Gasteiger partial charge in [0.05, 0.1) is 17.2 Å². The van der Waals surface area contributed by atoms with Crippen LogP contribution in [0.4, 0.5) is 5.82 Å². The Labute approximate surface area is 232 Å². The van der Waals surface area contributed by atoms with E-state index in [9.17, 15) is 18.0 Å². The Morgan fingerprint density at radius 1 is 1.08 bits per heavy atom. The van der Waals surface area contributed by atoms with Gasteiger partial charge in [0.1, 0.15) is 0 Å². The Morgan fingerprint density at radius 3 is 2.51 bits per heavy atom. The van der Waals surface area contributed by atoms with Gasteiger partial charge in [0, 0.05) is 33.2 Å². The second-order valence-electron chi connectivity index (χ2n) is 8.25. The van der Waals surface area contributed by atoms with Gasteiger partial charge >= 0.3 is 5.76 Å². The van der Waals surface area contributed by atoms with Crippen LogP contribution < -0.4 is 11.1 Å². The topological polar surface area (TPSA) is 153 Å². The molecule has 0 spiro atoms. The molecular weight excluding hydrogens is 683 g/mol. The van der Waals surface area contributed by atoms with E-state index in [2.05, 4.69) is 64.2 Å².